The minimum Gasteiger partial charge on any atom is -0.377 e. The maximum atomic E-state index is 11.2. The van der Waals surface area contributed by atoms with Gasteiger partial charge in [-0.2, -0.15) is 0 Å². The van der Waals surface area contributed by atoms with Crippen LogP contribution in [0.3, 0.4) is 0 Å². The van der Waals surface area contributed by atoms with Crippen molar-refractivity contribution in [3.63, 3.8) is 0 Å². The molecule has 0 rings (SSSR count). The lowest BCUT2D eigenvalue weighted by Crippen LogP contribution is -2.33. The van der Waals surface area contributed by atoms with Gasteiger partial charge in [-0.1, -0.05) is 6.92 Å². The Morgan fingerprint density at radius 1 is 1.43 bits per heavy atom. The summed E-state index contributed by atoms with van der Waals surface area (Å²) < 4.78 is 5.29. The number of carbonyl (C=O) groups excluding carboxylic acids is 1. The number of amides is 1. The Hall–Kier alpha value is -0.610. The van der Waals surface area contributed by atoms with Gasteiger partial charge in [-0.05, 0) is 20.4 Å². The fourth-order valence-corrected chi connectivity index (χ4v) is 1.07. The number of hydrogen-bond donors (Lipinski definition) is 2. The predicted molar refractivity (Wildman–Crippen MR) is 57.3 cm³/mol. The topological polar surface area (TPSA) is 50.4 Å². The highest BCUT2D eigenvalue weighted by atomic mass is 16.5. The fourth-order valence-electron chi connectivity index (χ4n) is 1.07. The molecule has 0 saturated carbocycles. The van der Waals surface area contributed by atoms with E-state index >= 15 is 0 Å². The molecule has 1 atom stereocenters. The molecule has 0 aromatic heterocycles. The summed E-state index contributed by atoms with van der Waals surface area (Å²) >= 11 is 0. The maximum Gasteiger partial charge on any atom is 0.221 e. The minimum absolute atomic E-state index is 0.0810. The van der Waals surface area contributed by atoms with Crippen molar-refractivity contribution in [3.05, 3.63) is 0 Å². The lowest BCUT2D eigenvalue weighted by Gasteiger charge is -2.12. The molecule has 2 N–H and O–H groups in total. The number of carbonyl (C=O) groups is 1. The fraction of sp³-hybridized carbons (Fsp3) is 0.900. The van der Waals surface area contributed by atoms with Crippen LogP contribution in [0, 0.1) is 0 Å². The predicted octanol–water partition coefficient (Wildman–Crippen LogP) is 0.527. The van der Waals surface area contributed by atoms with Gasteiger partial charge in [0.2, 0.25) is 5.91 Å². The standard InChI is InChI=1S/C10H22N2O2/c1-4-11-7-6-10(13)12-8-9(3)14-5-2/h9,11H,4-8H2,1-3H3,(H,12,13). The number of hydrogen-bond acceptors (Lipinski definition) is 3. The van der Waals surface area contributed by atoms with E-state index in [1.165, 1.54) is 0 Å². The number of nitrogens with one attached hydrogen (secondary N) is 2. The molecule has 0 aromatic rings. The van der Waals surface area contributed by atoms with Crippen LogP contribution in [0.15, 0.2) is 0 Å². The summed E-state index contributed by atoms with van der Waals surface area (Å²) in [5.41, 5.74) is 0. The molecule has 0 aliphatic rings. The monoisotopic (exact) mass is 202 g/mol. The van der Waals surface area contributed by atoms with Gasteiger partial charge in [0.05, 0.1) is 6.10 Å². The molecular formula is C10H22N2O2. The molecule has 1 unspecified atom stereocenters. The van der Waals surface area contributed by atoms with Gasteiger partial charge in [-0.3, -0.25) is 4.79 Å². The first kappa shape index (κ1) is 13.4. The molecule has 0 bridgehead atoms. The highest BCUT2D eigenvalue weighted by molar-refractivity contribution is 5.76. The summed E-state index contributed by atoms with van der Waals surface area (Å²) in [5.74, 6) is 0.0810. The Bertz CT molecular complexity index is 151. The first-order valence-corrected chi connectivity index (χ1v) is 5.29. The molecule has 0 spiro atoms. The lowest BCUT2D eigenvalue weighted by molar-refractivity contribution is -0.121. The summed E-state index contributed by atoms with van der Waals surface area (Å²) in [6.07, 6.45) is 0.634. The van der Waals surface area contributed by atoms with Crippen LogP contribution in [0.4, 0.5) is 0 Å². The third-order valence-electron chi connectivity index (χ3n) is 1.82. The van der Waals surface area contributed by atoms with Crippen LogP contribution in [0.2, 0.25) is 0 Å². The Kier molecular flexibility index (Phi) is 8.57. The molecule has 1 amide bonds. The molecule has 84 valence electrons. The maximum absolute atomic E-state index is 11.2. The third-order valence-corrected chi connectivity index (χ3v) is 1.82. The van der Waals surface area contributed by atoms with E-state index in [0.717, 1.165) is 13.1 Å². The molecular weight excluding hydrogens is 180 g/mol. The zero-order chi connectivity index (χ0) is 10.8. The molecule has 0 radical (unpaired) electrons. The first-order valence-electron chi connectivity index (χ1n) is 5.29. The number of rotatable bonds is 8. The van der Waals surface area contributed by atoms with E-state index in [-0.39, 0.29) is 12.0 Å². The quantitative estimate of drug-likeness (QED) is 0.564. The van der Waals surface area contributed by atoms with E-state index in [9.17, 15) is 4.79 Å². The smallest absolute Gasteiger partial charge is 0.221 e. The van der Waals surface area contributed by atoms with E-state index in [4.69, 9.17) is 4.74 Å². The highest BCUT2D eigenvalue weighted by Gasteiger charge is 2.03. The van der Waals surface area contributed by atoms with Crippen molar-refractivity contribution >= 4 is 5.91 Å². The molecule has 0 fully saturated rings. The van der Waals surface area contributed by atoms with Crippen LogP contribution in [-0.4, -0.2) is 38.3 Å². The highest BCUT2D eigenvalue weighted by Crippen LogP contribution is 1.87. The first-order chi connectivity index (χ1) is 6.70. The minimum atomic E-state index is 0.0810. The van der Waals surface area contributed by atoms with Gasteiger partial charge in [0, 0.05) is 26.1 Å². The van der Waals surface area contributed by atoms with Crippen molar-refractivity contribution in [1.29, 1.82) is 0 Å². The van der Waals surface area contributed by atoms with Gasteiger partial charge >= 0.3 is 0 Å². The van der Waals surface area contributed by atoms with Crippen LogP contribution in [0.1, 0.15) is 27.2 Å². The van der Waals surface area contributed by atoms with E-state index < -0.39 is 0 Å². The summed E-state index contributed by atoms with van der Waals surface area (Å²) in [6.45, 7) is 8.85. The van der Waals surface area contributed by atoms with Crippen LogP contribution in [-0.2, 0) is 9.53 Å². The molecule has 14 heavy (non-hydrogen) atoms. The number of ether oxygens (including phenoxy) is 1. The van der Waals surface area contributed by atoms with Crippen LogP contribution in [0.5, 0.6) is 0 Å². The van der Waals surface area contributed by atoms with Crippen molar-refractivity contribution in [1.82, 2.24) is 10.6 Å². The van der Waals surface area contributed by atoms with Gasteiger partial charge in [-0.25, -0.2) is 0 Å². The van der Waals surface area contributed by atoms with Gasteiger partial charge in [0.25, 0.3) is 0 Å². The summed E-state index contributed by atoms with van der Waals surface area (Å²) in [4.78, 5) is 11.2. The second-order valence-corrected chi connectivity index (χ2v) is 3.17. The van der Waals surface area contributed by atoms with Crippen molar-refractivity contribution < 1.29 is 9.53 Å². The Balaban J connectivity index is 3.34. The van der Waals surface area contributed by atoms with Gasteiger partial charge in [0.15, 0.2) is 0 Å². The normalized spacial score (nSPS) is 12.5. The third kappa shape index (κ3) is 8.01. The van der Waals surface area contributed by atoms with E-state index in [2.05, 4.69) is 10.6 Å². The molecule has 0 saturated heterocycles. The van der Waals surface area contributed by atoms with Crippen molar-refractivity contribution in [3.8, 4) is 0 Å². The summed E-state index contributed by atoms with van der Waals surface area (Å²) in [5, 5.41) is 5.92. The van der Waals surface area contributed by atoms with Crippen LogP contribution < -0.4 is 10.6 Å². The lowest BCUT2D eigenvalue weighted by atomic mass is 10.3. The average molecular weight is 202 g/mol. The van der Waals surface area contributed by atoms with Crippen LogP contribution >= 0.6 is 0 Å². The zero-order valence-corrected chi connectivity index (χ0v) is 9.43. The molecule has 0 aliphatic carbocycles. The molecule has 0 aromatic carbocycles. The SMILES string of the molecule is CCNCCC(=O)NCC(C)OCC. The van der Waals surface area contributed by atoms with Gasteiger partial charge < -0.3 is 15.4 Å². The molecule has 4 nitrogen and oxygen atoms in total. The van der Waals surface area contributed by atoms with Gasteiger partial charge in [-0.15, -0.1) is 0 Å². The van der Waals surface area contributed by atoms with Crippen molar-refractivity contribution in [2.24, 2.45) is 0 Å². The van der Waals surface area contributed by atoms with E-state index in [1.54, 1.807) is 0 Å². The Morgan fingerprint density at radius 2 is 2.14 bits per heavy atom. The second kappa shape index (κ2) is 8.97. The molecule has 0 heterocycles. The molecule has 4 heteroatoms. The summed E-state index contributed by atoms with van der Waals surface area (Å²) in [7, 11) is 0. The Morgan fingerprint density at radius 3 is 2.71 bits per heavy atom. The summed E-state index contributed by atoms with van der Waals surface area (Å²) in [6, 6.07) is 0. The Labute approximate surface area is 86.4 Å². The zero-order valence-electron chi connectivity index (χ0n) is 9.43. The van der Waals surface area contributed by atoms with Crippen molar-refractivity contribution in [2.45, 2.75) is 33.3 Å². The van der Waals surface area contributed by atoms with Gasteiger partial charge in [0.1, 0.15) is 0 Å². The largest absolute Gasteiger partial charge is 0.377 e. The second-order valence-electron chi connectivity index (χ2n) is 3.17. The van der Waals surface area contributed by atoms with E-state index in [0.29, 0.717) is 19.6 Å². The average Bonchev–Trinajstić information content (AvgIpc) is 2.16. The van der Waals surface area contributed by atoms with Crippen molar-refractivity contribution in [2.75, 3.05) is 26.2 Å². The van der Waals surface area contributed by atoms with Crippen LogP contribution in [0.25, 0.3) is 0 Å². The molecule has 0 aliphatic heterocycles. The van der Waals surface area contributed by atoms with E-state index in [1.807, 2.05) is 20.8 Å².